The monoisotopic (exact) mass is 302 g/mol. The molecular weight excluding hydrogens is 284 g/mol. The molecule has 1 heterocycles. The molecule has 0 radical (unpaired) electrons. The first-order chi connectivity index (χ1) is 10.4. The fourth-order valence-corrected chi connectivity index (χ4v) is 1.57. The lowest BCUT2D eigenvalue weighted by Gasteiger charge is -2.16. The number of primary amides is 1. The van der Waals surface area contributed by atoms with E-state index in [1.807, 2.05) is 28.2 Å². The van der Waals surface area contributed by atoms with E-state index < -0.39 is 5.91 Å². The first-order valence-electron chi connectivity index (χ1n) is 6.55. The molecule has 0 aliphatic heterocycles. The van der Waals surface area contributed by atoms with Crippen LogP contribution in [-0.2, 0) is 0 Å². The summed E-state index contributed by atoms with van der Waals surface area (Å²) in [6.45, 7) is 0. The van der Waals surface area contributed by atoms with Crippen LogP contribution in [0.5, 0.6) is 11.8 Å². The highest BCUT2D eigenvalue weighted by molar-refractivity contribution is 5.92. The Hall–Kier alpha value is -2.90. The number of aromatic nitrogens is 3. The molecule has 0 aliphatic rings. The van der Waals surface area contributed by atoms with Crippen molar-refractivity contribution < 1.29 is 9.53 Å². The molecule has 1 aromatic heterocycles. The highest BCUT2D eigenvalue weighted by Crippen LogP contribution is 2.21. The Morgan fingerprint density at radius 3 is 1.86 bits per heavy atom. The Morgan fingerprint density at radius 1 is 0.955 bits per heavy atom. The van der Waals surface area contributed by atoms with Crippen molar-refractivity contribution in [2.45, 2.75) is 0 Å². The number of nitrogens with zero attached hydrogens (tertiary/aromatic N) is 5. The number of benzene rings is 1. The van der Waals surface area contributed by atoms with Gasteiger partial charge in [-0.05, 0) is 24.3 Å². The van der Waals surface area contributed by atoms with Gasteiger partial charge in [-0.15, -0.1) is 0 Å². The summed E-state index contributed by atoms with van der Waals surface area (Å²) in [4.78, 5) is 27.3. The molecule has 0 atom stereocenters. The van der Waals surface area contributed by atoms with Gasteiger partial charge in [0.05, 0.1) is 0 Å². The zero-order valence-electron chi connectivity index (χ0n) is 12.9. The van der Waals surface area contributed by atoms with E-state index in [-0.39, 0.29) is 6.01 Å². The van der Waals surface area contributed by atoms with Gasteiger partial charge in [-0.2, -0.15) is 15.0 Å². The number of amides is 1. The third-order valence-corrected chi connectivity index (χ3v) is 2.74. The molecule has 8 heteroatoms. The summed E-state index contributed by atoms with van der Waals surface area (Å²) in [5.74, 6) is 0.993. The van der Waals surface area contributed by atoms with Crippen LogP contribution in [0.4, 0.5) is 11.9 Å². The maximum Gasteiger partial charge on any atom is 0.328 e. The minimum Gasteiger partial charge on any atom is -0.424 e. The van der Waals surface area contributed by atoms with E-state index in [0.29, 0.717) is 23.2 Å². The summed E-state index contributed by atoms with van der Waals surface area (Å²) >= 11 is 0. The van der Waals surface area contributed by atoms with Crippen LogP contribution in [0.3, 0.4) is 0 Å². The third-order valence-electron chi connectivity index (χ3n) is 2.74. The van der Waals surface area contributed by atoms with Gasteiger partial charge in [0.2, 0.25) is 17.8 Å². The number of nitrogens with two attached hydrogens (primary N) is 1. The minimum absolute atomic E-state index is 0.175. The number of hydrogen-bond donors (Lipinski definition) is 1. The van der Waals surface area contributed by atoms with Gasteiger partial charge in [-0.1, -0.05) is 0 Å². The predicted octanol–water partition coefficient (Wildman–Crippen LogP) is 0.895. The Morgan fingerprint density at radius 2 is 1.45 bits per heavy atom. The highest BCUT2D eigenvalue weighted by atomic mass is 16.5. The van der Waals surface area contributed by atoms with Crippen LogP contribution < -0.4 is 20.3 Å². The molecule has 0 spiro atoms. The normalized spacial score (nSPS) is 10.2. The van der Waals surface area contributed by atoms with Gasteiger partial charge in [-0.25, -0.2) is 0 Å². The van der Waals surface area contributed by atoms with Crippen molar-refractivity contribution in [2.75, 3.05) is 38.0 Å². The summed E-state index contributed by atoms with van der Waals surface area (Å²) in [5, 5.41) is 0. The molecule has 116 valence electrons. The van der Waals surface area contributed by atoms with Gasteiger partial charge >= 0.3 is 6.01 Å². The van der Waals surface area contributed by atoms with Crippen LogP contribution >= 0.6 is 0 Å². The van der Waals surface area contributed by atoms with Crippen molar-refractivity contribution in [1.29, 1.82) is 0 Å². The van der Waals surface area contributed by atoms with Crippen LogP contribution in [-0.4, -0.2) is 49.0 Å². The van der Waals surface area contributed by atoms with E-state index >= 15 is 0 Å². The van der Waals surface area contributed by atoms with Crippen LogP contribution in [0.2, 0.25) is 0 Å². The molecular formula is C14H18N6O2. The average Bonchev–Trinajstić information content (AvgIpc) is 2.47. The van der Waals surface area contributed by atoms with Crippen LogP contribution in [0.25, 0.3) is 0 Å². The minimum atomic E-state index is -0.489. The van der Waals surface area contributed by atoms with E-state index in [0.717, 1.165) is 0 Å². The SMILES string of the molecule is CN(C)c1nc(Oc2ccc(C(N)=O)cc2)nc(N(C)C)n1. The first-order valence-corrected chi connectivity index (χ1v) is 6.55. The number of ether oxygens (including phenoxy) is 1. The molecule has 0 saturated heterocycles. The largest absolute Gasteiger partial charge is 0.424 e. The lowest BCUT2D eigenvalue weighted by molar-refractivity contribution is 0.100. The van der Waals surface area contributed by atoms with Gasteiger partial charge in [-0.3, -0.25) is 4.79 Å². The standard InChI is InChI=1S/C14H18N6O2/c1-19(2)12-16-13(20(3)4)18-14(17-12)22-10-7-5-9(6-8-10)11(15)21/h5-8H,1-4H3,(H2,15,21). The maximum atomic E-state index is 11.0. The smallest absolute Gasteiger partial charge is 0.328 e. The number of carbonyl (C=O) groups is 1. The van der Waals surface area contributed by atoms with Crippen LogP contribution in [0, 0.1) is 0 Å². The van der Waals surface area contributed by atoms with Crippen molar-refractivity contribution in [3.63, 3.8) is 0 Å². The molecule has 0 saturated carbocycles. The summed E-state index contributed by atoms with van der Waals surface area (Å²) in [6.07, 6.45) is 0. The van der Waals surface area contributed by atoms with E-state index in [1.54, 1.807) is 34.1 Å². The van der Waals surface area contributed by atoms with Gasteiger partial charge in [0.1, 0.15) is 5.75 Å². The fourth-order valence-electron chi connectivity index (χ4n) is 1.57. The quantitative estimate of drug-likeness (QED) is 0.876. The Labute approximate surface area is 128 Å². The summed E-state index contributed by atoms with van der Waals surface area (Å²) in [6, 6.07) is 6.61. The number of hydrogen-bond acceptors (Lipinski definition) is 7. The summed E-state index contributed by atoms with van der Waals surface area (Å²) < 4.78 is 5.63. The van der Waals surface area contributed by atoms with Crippen molar-refractivity contribution in [2.24, 2.45) is 5.73 Å². The molecule has 2 aromatic rings. The second kappa shape index (κ2) is 6.25. The number of anilines is 2. The molecule has 22 heavy (non-hydrogen) atoms. The lowest BCUT2D eigenvalue weighted by Crippen LogP contribution is -2.19. The predicted molar refractivity (Wildman–Crippen MR) is 83.5 cm³/mol. The Balaban J connectivity index is 2.29. The fraction of sp³-hybridized carbons (Fsp3) is 0.286. The molecule has 0 fully saturated rings. The van der Waals surface area contributed by atoms with Crippen LogP contribution in [0.15, 0.2) is 24.3 Å². The molecule has 2 N–H and O–H groups in total. The zero-order valence-corrected chi connectivity index (χ0v) is 12.9. The molecule has 1 amide bonds. The van der Waals surface area contributed by atoms with Gasteiger partial charge < -0.3 is 20.3 Å². The van der Waals surface area contributed by atoms with Crippen molar-refractivity contribution in [3.8, 4) is 11.8 Å². The van der Waals surface area contributed by atoms with Gasteiger partial charge in [0.15, 0.2) is 0 Å². The summed E-state index contributed by atoms with van der Waals surface area (Å²) in [7, 11) is 7.33. The Bertz CT molecular complexity index is 643. The second-order valence-corrected chi connectivity index (χ2v) is 5.00. The van der Waals surface area contributed by atoms with E-state index in [1.165, 1.54) is 0 Å². The number of rotatable bonds is 5. The van der Waals surface area contributed by atoms with E-state index in [9.17, 15) is 4.79 Å². The highest BCUT2D eigenvalue weighted by Gasteiger charge is 2.11. The maximum absolute atomic E-state index is 11.0. The molecule has 8 nitrogen and oxygen atoms in total. The number of carbonyl (C=O) groups excluding carboxylic acids is 1. The first kappa shape index (κ1) is 15.5. The molecule has 1 aromatic carbocycles. The second-order valence-electron chi connectivity index (χ2n) is 5.00. The molecule has 0 aliphatic carbocycles. The van der Waals surface area contributed by atoms with E-state index in [2.05, 4.69) is 15.0 Å². The van der Waals surface area contributed by atoms with Crippen LogP contribution in [0.1, 0.15) is 10.4 Å². The topological polar surface area (TPSA) is 97.5 Å². The van der Waals surface area contributed by atoms with Gasteiger partial charge in [0, 0.05) is 33.8 Å². The molecule has 2 rings (SSSR count). The Kier molecular flexibility index (Phi) is 4.40. The lowest BCUT2D eigenvalue weighted by atomic mass is 10.2. The molecule has 0 bridgehead atoms. The third kappa shape index (κ3) is 3.60. The van der Waals surface area contributed by atoms with Crippen molar-refractivity contribution in [3.05, 3.63) is 29.8 Å². The molecule has 0 unspecified atom stereocenters. The van der Waals surface area contributed by atoms with Crippen molar-refractivity contribution >= 4 is 17.8 Å². The van der Waals surface area contributed by atoms with Gasteiger partial charge in [0.25, 0.3) is 0 Å². The summed E-state index contributed by atoms with van der Waals surface area (Å²) in [5.41, 5.74) is 5.61. The zero-order chi connectivity index (χ0) is 16.3. The average molecular weight is 302 g/mol. The van der Waals surface area contributed by atoms with Crippen molar-refractivity contribution in [1.82, 2.24) is 15.0 Å². The van der Waals surface area contributed by atoms with E-state index in [4.69, 9.17) is 10.5 Å².